The van der Waals surface area contributed by atoms with Crippen LogP contribution in [0.5, 0.6) is 0 Å². The SMILES string of the molecule is CC[C@H](Cc1ccccc1)N(C)C(=O)[C@H]1CCCOC1. The predicted molar refractivity (Wildman–Crippen MR) is 80.5 cm³/mol. The number of ether oxygens (including phenoxy) is 1. The highest BCUT2D eigenvalue weighted by Gasteiger charge is 2.28. The van der Waals surface area contributed by atoms with Gasteiger partial charge in [-0.1, -0.05) is 37.3 Å². The van der Waals surface area contributed by atoms with E-state index in [1.807, 2.05) is 18.0 Å². The lowest BCUT2D eigenvalue weighted by Crippen LogP contribution is -2.43. The number of rotatable bonds is 5. The number of likely N-dealkylation sites (N-methyl/N-ethyl adjacent to an activating group) is 1. The molecule has 2 rings (SSSR count). The average Bonchev–Trinajstić information content (AvgIpc) is 2.53. The van der Waals surface area contributed by atoms with Crippen LogP contribution >= 0.6 is 0 Å². The summed E-state index contributed by atoms with van der Waals surface area (Å²) < 4.78 is 5.44. The van der Waals surface area contributed by atoms with Crippen LogP contribution in [0, 0.1) is 5.92 Å². The number of benzene rings is 1. The van der Waals surface area contributed by atoms with Crippen LogP contribution in [0.3, 0.4) is 0 Å². The minimum Gasteiger partial charge on any atom is -0.381 e. The molecule has 2 atom stereocenters. The average molecular weight is 275 g/mol. The molecule has 1 aliphatic heterocycles. The Balaban J connectivity index is 1.97. The molecule has 3 heteroatoms. The van der Waals surface area contributed by atoms with Crippen LogP contribution in [-0.4, -0.2) is 37.1 Å². The van der Waals surface area contributed by atoms with Crippen molar-refractivity contribution in [3.8, 4) is 0 Å². The maximum atomic E-state index is 12.5. The molecule has 0 unspecified atom stereocenters. The van der Waals surface area contributed by atoms with Crippen molar-refractivity contribution in [3.05, 3.63) is 35.9 Å². The van der Waals surface area contributed by atoms with Gasteiger partial charge in [0.2, 0.25) is 5.91 Å². The monoisotopic (exact) mass is 275 g/mol. The second-order valence-electron chi connectivity index (χ2n) is 5.62. The maximum absolute atomic E-state index is 12.5. The van der Waals surface area contributed by atoms with Crippen molar-refractivity contribution in [3.63, 3.8) is 0 Å². The standard InChI is InChI=1S/C17H25NO2/c1-3-16(12-14-8-5-4-6-9-14)18(2)17(19)15-10-7-11-20-13-15/h4-6,8-9,15-16H,3,7,10-13H2,1-2H3/t15-,16+/m0/s1. The Morgan fingerprint density at radius 3 is 2.75 bits per heavy atom. The summed E-state index contributed by atoms with van der Waals surface area (Å²) in [6, 6.07) is 10.7. The van der Waals surface area contributed by atoms with Gasteiger partial charge in [0.25, 0.3) is 0 Å². The Labute approximate surface area is 121 Å². The van der Waals surface area contributed by atoms with Gasteiger partial charge in [-0.25, -0.2) is 0 Å². The van der Waals surface area contributed by atoms with Gasteiger partial charge in [-0.2, -0.15) is 0 Å². The third-order valence-corrected chi connectivity index (χ3v) is 4.19. The molecule has 0 radical (unpaired) electrons. The smallest absolute Gasteiger partial charge is 0.228 e. The van der Waals surface area contributed by atoms with Gasteiger partial charge in [-0.05, 0) is 31.2 Å². The molecule has 1 fully saturated rings. The van der Waals surface area contributed by atoms with Crippen LogP contribution < -0.4 is 0 Å². The lowest BCUT2D eigenvalue weighted by molar-refractivity contribution is -0.140. The number of hydrogen-bond donors (Lipinski definition) is 0. The first-order valence-electron chi connectivity index (χ1n) is 7.60. The minimum absolute atomic E-state index is 0.0542. The van der Waals surface area contributed by atoms with Crippen LogP contribution in [0.2, 0.25) is 0 Å². The zero-order valence-electron chi connectivity index (χ0n) is 12.5. The van der Waals surface area contributed by atoms with Gasteiger partial charge in [-0.3, -0.25) is 4.79 Å². The minimum atomic E-state index is 0.0542. The predicted octanol–water partition coefficient (Wildman–Crippen LogP) is 2.89. The van der Waals surface area contributed by atoms with Gasteiger partial charge < -0.3 is 9.64 Å². The highest BCUT2D eigenvalue weighted by atomic mass is 16.5. The number of carbonyl (C=O) groups excluding carboxylic acids is 1. The summed E-state index contributed by atoms with van der Waals surface area (Å²) in [5, 5.41) is 0. The molecule has 1 amide bonds. The Morgan fingerprint density at radius 1 is 1.40 bits per heavy atom. The van der Waals surface area contributed by atoms with E-state index >= 15 is 0 Å². The molecule has 1 aromatic rings. The molecule has 20 heavy (non-hydrogen) atoms. The quantitative estimate of drug-likeness (QED) is 0.827. The summed E-state index contributed by atoms with van der Waals surface area (Å²) >= 11 is 0. The van der Waals surface area contributed by atoms with Gasteiger partial charge in [0.1, 0.15) is 0 Å². The molecule has 110 valence electrons. The van der Waals surface area contributed by atoms with Crippen molar-refractivity contribution in [1.29, 1.82) is 0 Å². The summed E-state index contributed by atoms with van der Waals surface area (Å²) in [7, 11) is 1.94. The van der Waals surface area contributed by atoms with Crippen LogP contribution in [0.1, 0.15) is 31.7 Å². The van der Waals surface area contributed by atoms with E-state index < -0.39 is 0 Å². The van der Waals surface area contributed by atoms with Gasteiger partial charge in [0.05, 0.1) is 12.5 Å². The summed E-state index contributed by atoms with van der Waals surface area (Å²) in [4.78, 5) is 14.5. The Hall–Kier alpha value is -1.35. The molecule has 0 saturated carbocycles. The van der Waals surface area contributed by atoms with Gasteiger partial charge >= 0.3 is 0 Å². The molecule has 0 N–H and O–H groups in total. The molecular formula is C17H25NO2. The Kier molecular flexibility index (Phi) is 5.60. The van der Waals surface area contributed by atoms with E-state index in [1.54, 1.807) is 0 Å². The van der Waals surface area contributed by atoms with Gasteiger partial charge in [0, 0.05) is 19.7 Å². The molecule has 1 heterocycles. The van der Waals surface area contributed by atoms with E-state index in [0.717, 1.165) is 32.3 Å². The fourth-order valence-corrected chi connectivity index (χ4v) is 2.84. The number of amides is 1. The number of nitrogens with zero attached hydrogens (tertiary/aromatic N) is 1. The van der Waals surface area contributed by atoms with E-state index in [0.29, 0.717) is 6.61 Å². The Bertz CT molecular complexity index is 412. The van der Waals surface area contributed by atoms with Crippen molar-refractivity contribution in [1.82, 2.24) is 4.90 Å². The third-order valence-electron chi connectivity index (χ3n) is 4.19. The Morgan fingerprint density at radius 2 is 2.15 bits per heavy atom. The molecule has 1 saturated heterocycles. The summed E-state index contributed by atoms with van der Waals surface area (Å²) in [6.45, 7) is 3.54. The molecule has 1 aromatic carbocycles. The lowest BCUT2D eigenvalue weighted by atomic mass is 9.97. The first-order chi connectivity index (χ1) is 9.72. The molecule has 0 aromatic heterocycles. The molecule has 0 bridgehead atoms. The van der Waals surface area contributed by atoms with Gasteiger partial charge in [-0.15, -0.1) is 0 Å². The number of carbonyl (C=O) groups is 1. The third kappa shape index (κ3) is 3.83. The summed E-state index contributed by atoms with van der Waals surface area (Å²) in [5.74, 6) is 0.297. The van der Waals surface area contributed by atoms with Crippen LogP contribution in [0.15, 0.2) is 30.3 Å². The molecule has 0 aliphatic carbocycles. The fraction of sp³-hybridized carbons (Fsp3) is 0.588. The molecule has 0 spiro atoms. The van der Waals surface area contributed by atoms with Crippen LogP contribution in [0.25, 0.3) is 0 Å². The molecule has 3 nitrogen and oxygen atoms in total. The van der Waals surface area contributed by atoms with Crippen LogP contribution in [-0.2, 0) is 16.0 Å². The van der Waals surface area contributed by atoms with Crippen molar-refractivity contribution in [2.24, 2.45) is 5.92 Å². The first kappa shape index (κ1) is 15.0. The molecular weight excluding hydrogens is 250 g/mol. The van der Waals surface area contributed by atoms with Crippen molar-refractivity contribution in [2.45, 2.75) is 38.6 Å². The van der Waals surface area contributed by atoms with Crippen molar-refractivity contribution < 1.29 is 9.53 Å². The largest absolute Gasteiger partial charge is 0.381 e. The normalized spacial score (nSPS) is 20.4. The first-order valence-corrected chi connectivity index (χ1v) is 7.60. The van der Waals surface area contributed by atoms with Crippen molar-refractivity contribution >= 4 is 5.91 Å². The van der Waals surface area contributed by atoms with E-state index in [2.05, 4.69) is 31.2 Å². The number of hydrogen-bond acceptors (Lipinski definition) is 2. The highest BCUT2D eigenvalue weighted by molar-refractivity contribution is 5.79. The van der Waals surface area contributed by atoms with E-state index in [1.165, 1.54) is 5.56 Å². The van der Waals surface area contributed by atoms with Crippen molar-refractivity contribution in [2.75, 3.05) is 20.3 Å². The lowest BCUT2D eigenvalue weighted by Gasteiger charge is -2.32. The topological polar surface area (TPSA) is 29.5 Å². The van der Waals surface area contributed by atoms with E-state index in [4.69, 9.17) is 4.74 Å². The highest BCUT2D eigenvalue weighted by Crippen LogP contribution is 2.19. The van der Waals surface area contributed by atoms with Gasteiger partial charge in [0.15, 0.2) is 0 Å². The fourth-order valence-electron chi connectivity index (χ4n) is 2.84. The summed E-state index contributed by atoms with van der Waals surface area (Å²) in [6.07, 6.45) is 3.86. The maximum Gasteiger partial charge on any atom is 0.228 e. The zero-order valence-corrected chi connectivity index (χ0v) is 12.5. The summed E-state index contributed by atoms with van der Waals surface area (Å²) in [5.41, 5.74) is 1.29. The van der Waals surface area contributed by atoms with Crippen LogP contribution in [0.4, 0.5) is 0 Å². The second-order valence-corrected chi connectivity index (χ2v) is 5.62. The zero-order chi connectivity index (χ0) is 14.4. The molecule has 1 aliphatic rings. The second kappa shape index (κ2) is 7.44. The van der Waals surface area contributed by atoms with E-state index in [9.17, 15) is 4.79 Å². The van der Waals surface area contributed by atoms with E-state index in [-0.39, 0.29) is 17.9 Å².